The molecule has 1 aliphatic rings. The van der Waals surface area contributed by atoms with Crippen LogP contribution in [0, 0.1) is 17.4 Å². The van der Waals surface area contributed by atoms with Gasteiger partial charge in [-0.2, -0.15) is 0 Å². The minimum atomic E-state index is 0.306. The summed E-state index contributed by atoms with van der Waals surface area (Å²) in [7, 11) is 0. The molecule has 0 amide bonds. The first-order chi connectivity index (χ1) is 4.05. The molecule has 1 aliphatic heterocycles. The van der Waals surface area contributed by atoms with Crippen LogP contribution < -0.4 is 0 Å². The van der Waals surface area contributed by atoms with Crippen LogP contribution in [0.4, 0.5) is 0 Å². The van der Waals surface area contributed by atoms with Crippen molar-refractivity contribution in [1.82, 2.24) is 0 Å². The van der Waals surface area contributed by atoms with Gasteiger partial charge in [0.05, 0.1) is 12.7 Å². The smallest absolute Gasteiger partial charge is 0.0999 e. The van der Waals surface area contributed by atoms with Crippen molar-refractivity contribution in [2.75, 3.05) is 6.61 Å². The van der Waals surface area contributed by atoms with E-state index in [4.69, 9.17) is 4.74 Å². The van der Waals surface area contributed by atoms with E-state index in [9.17, 15) is 0 Å². The maximum Gasteiger partial charge on any atom is 0.0999 e. The second kappa shape index (κ2) is 1.98. The maximum atomic E-state index is 5.40. The molecule has 53 valence electrons. The Morgan fingerprint density at radius 1 is 1.56 bits per heavy atom. The van der Waals surface area contributed by atoms with Crippen molar-refractivity contribution in [3.8, 4) is 0 Å². The topological polar surface area (TPSA) is 9.23 Å². The van der Waals surface area contributed by atoms with Crippen LogP contribution in [-0.4, -0.2) is 6.61 Å². The number of hydrogen-bond acceptors (Lipinski definition) is 1. The van der Waals surface area contributed by atoms with Crippen LogP contribution in [0.1, 0.15) is 27.7 Å². The van der Waals surface area contributed by atoms with Crippen LogP contribution in [0.3, 0.4) is 0 Å². The summed E-state index contributed by atoms with van der Waals surface area (Å²) in [5, 5.41) is 0. The summed E-state index contributed by atoms with van der Waals surface area (Å²) in [5.74, 6) is 0.678. The predicted octanol–water partition coefficient (Wildman–Crippen LogP) is 2.23. The standard InChI is InChI=1S/C8H15O/c1-6-5-9-7(2)8(6,3)4/h6H,5H2,1-4H3. The van der Waals surface area contributed by atoms with E-state index in [-0.39, 0.29) is 0 Å². The zero-order valence-electron chi connectivity index (χ0n) is 6.69. The van der Waals surface area contributed by atoms with E-state index in [1.54, 1.807) is 0 Å². The lowest BCUT2D eigenvalue weighted by Crippen LogP contribution is -2.20. The van der Waals surface area contributed by atoms with Crippen molar-refractivity contribution in [3.05, 3.63) is 6.10 Å². The second-order valence-corrected chi connectivity index (χ2v) is 3.49. The van der Waals surface area contributed by atoms with Crippen molar-refractivity contribution in [3.63, 3.8) is 0 Å². The molecule has 0 aromatic carbocycles. The molecule has 0 saturated carbocycles. The van der Waals surface area contributed by atoms with Gasteiger partial charge in [0.1, 0.15) is 0 Å². The molecule has 0 spiro atoms. The van der Waals surface area contributed by atoms with Gasteiger partial charge in [0.15, 0.2) is 0 Å². The Morgan fingerprint density at radius 3 is 2.22 bits per heavy atom. The fraction of sp³-hybridized carbons (Fsp3) is 0.875. The molecule has 1 heterocycles. The van der Waals surface area contributed by atoms with Gasteiger partial charge in [-0.3, -0.25) is 0 Å². The average molecular weight is 127 g/mol. The lowest BCUT2D eigenvalue weighted by Gasteiger charge is -2.24. The van der Waals surface area contributed by atoms with Crippen molar-refractivity contribution in [2.24, 2.45) is 11.3 Å². The molecule has 1 nitrogen and oxygen atoms in total. The van der Waals surface area contributed by atoms with Crippen LogP contribution in [0.15, 0.2) is 0 Å². The molecule has 1 unspecified atom stereocenters. The molecule has 9 heavy (non-hydrogen) atoms. The highest BCUT2D eigenvalue weighted by atomic mass is 16.5. The average Bonchev–Trinajstić information content (AvgIpc) is 1.96. The SMILES string of the molecule is C[C]1OCC(C)C1(C)C. The second-order valence-electron chi connectivity index (χ2n) is 3.49. The molecular weight excluding hydrogens is 112 g/mol. The lowest BCUT2D eigenvalue weighted by molar-refractivity contribution is 0.177. The number of rotatable bonds is 0. The summed E-state index contributed by atoms with van der Waals surface area (Å²) in [6, 6.07) is 0. The zero-order valence-corrected chi connectivity index (χ0v) is 6.69. The minimum absolute atomic E-state index is 0.306. The third-order valence-corrected chi connectivity index (χ3v) is 2.69. The first-order valence-electron chi connectivity index (χ1n) is 3.52. The minimum Gasteiger partial charge on any atom is -0.371 e. The van der Waals surface area contributed by atoms with Crippen LogP contribution in [0.5, 0.6) is 0 Å². The molecular formula is C8H15O. The van der Waals surface area contributed by atoms with Crippen molar-refractivity contribution < 1.29 is 4.74 Å². The molecule has 1 heteroatoms. The molecule has 1 saturated heterocycles. The molecule has 1 rings (SSSR count). The normalized spacial score (nSPS) is 35.3. The highest BCUT2D eigenvalue weighted by Gasteiger charge is 2.39. The van der Waals surface area contributed by atoms with E-state index in [1.165, 1.54) is 6.10 Å². The van der Waals surface area contributed by atoms with Crippen LogP contribution >= 0.6 is 0 Å². The zero-order chi connectivity index (χ0) is 7.07. The summed E-state index contributed by atoms with van der Waals surface area (Å²) >= 11 is 0. The van der Waals surface area contributed by atoms with Gasteiger partial charge in [0.25, 0.3) is 0 Å². The van der Waals surface area contributed by atoms with Crippen molar-refractivity contribution in [2.45, 2.75) is 27.7 Å². The molecule has 0 aromatic heterocycles. The Hall–Kier alpha value is -0.0400. The van der Waals surface area contributed by atoms with E-state index in [0.717, 1.165) is 6.61 Å². The van der Waals surface area contributed by atoms with Gasteiger partial charge in [0.2, 0.25) is 0 Å². The Morgan fingerprint density at radius 2 is 2.11 bits per heavy atom. The van der Waals surface area contributed by atoms with Gasteiger partial charge in [-0.1, -0.05) is 20.8 Å². The molecule has 0 aliphatic carbocycles. The van der Waals surface area contributed by atoms with E-state index >= 15 is 0 Å². The number of ether oxygens (including phenoxy) is 1. The molecule has 1 radical (unpaired) electrons. The highest BCUT2D eigenvalue weighted by Crippen LogP contribution is 2.43. The van der Waals surface area contributed by atoms with E-state index < -0.39 is 0 Å². The molecule has 0 aromatic rings. The maximum absolute atomic E-state index is 5.40. The molecule has 0 bridgehead atoms. The summed E-state index contributed by atoms with van der Waals surface area (Å²) < 4.78 is 5.40. The van der Waals surface area contributed by atoms with Crippen molar-refractivity contribution in [1.29, 1.82) is 0 Å². The summed E-state index contributed by atoms with van der Waals surface area (Å²) in [5.41, 5.74) is 0.306. The van der Waals surface area contributed by atoms with Gasteiger partial charge in [-0.15, -0.1) is 0 Å². The van der Waals surface area contributed by atoms with Gasteiger partial charge in [-0.05, 0) is 12.8 Å². The third-order valence-electron chi connectivity index (χ3n) is 2.69. The van der Waals surface area contributed by atoms with Gasteiger partial charge < -0.3 is 4.74 Å². The fourth-order valence-corrected chi connectivity index (χ4v) is 0.991. The predicted molar refractivity (Wildman–Crippen MR) is 37.8 cm³/mol. The van der Waals surface area contributed by atoms with Gasteiger partial charge in [-0.25, -0.2) is 0 Å². The van der Waals surface area contributed by atoms with Gasteiger partial charge >= 0.3 is 0 Å². The fourth-order valence-electron chi connectivity index (χ4n) is 0.991. The van der Waals surface area contributed by atoms with Crippen LogP contribution in [-0.2, 0) is 4.74 Å². The Labute approximate surface area is 57.4 Å². The Bertz CT molecular complexity index is 95.1. The van der Waals surface area contributed by atoms with E-state index in [0.29, 0.717) is 11.3 Å². The van der Waals surface area contributed by atoms with E-state index in [1.807, 2.05) is 0 Å². The largest absolute Gasteiger partial charge is 0.371 e. The first kappa shape index (κ1) is 7.07. The highest BCUT2D eigenvalue weighted by molar-refractivity contribution is 4.98. The lowest BCUT2D eigenvalue weighted by atomic mass is 9.79. The summed E-state index contributed by atoms with van der Waals surface area (Å²) in [6.07, 6.45) is 1.19. The first-order valence-corrected chi connectivity index (χ1v) is 3.52. The number of hydrogen-bond donors (Lipinski definition) is 0. The Kier molecular flexibility index (Phi) is 1.55. The summed E-state index contributed by atoms with van der Waals surface area (Å²) in [4.78, 5) is 0. The van der Waals surface area contributed by atoms with Gasteiger partial charge in [0, 0.05) is 5.41 Å². The quantitative estimate of drug-likeness (QED) is 0.485. The van der Waals surface area contributed by atoms with Crippen molar-refractivity contribution >= 4 is 0 Å². The monoisotopic (exact) mass is 127 g/mol. The third kappa shape index (κ3) is 0.983. The molecule has 1 atom stereocenters. The Balaban J connectivity index is 2.66. The molecule has 1 fully saturated rings. The van der Waals surface area contributed by atoms with Crippen LogP contribution in [0.25, 0.3) is 0 Å². The summed E-state index contributed by atoms with van der Waals surface area (Å²) in [6.45, 7) is 9.68. The van der Waals surface area contributed by atoms with Crippen LogP contribution in [0.2, 0.25) is 0 Å². The molecule has 0 N–H and O–H groups in total. The van der Waals surface area contributed by atoms with E-state index in [2.05, 4.69) is 27.7 Å².